The zero-order valence-corrected chi connectivity index (χ0v) is 12.7. The van der Waals surface area contributed by atoms with Crippen molar-refractivity contribution in [3.63, 3.8) is 0 Å². The van der Waals surface area contributed by atoms with Gasteiger partial charge in [-0.1, -0.05) is 48.9 Å². The third-order valence-electron chi connectivity index (χ3n) is 4.67. The Morgan fingerprint density at radius 1 is 1.10 bits per heavy atom. The summed E-state index contributed by atoms with van der Waals surface area (Å²) in [7, 11) is 1.88. The molecule has 0 aromatic heterocycles. The molecule has 2 aromatic rings. The molecular formula is C19H22FN. The first-order chi connectivity index (χ1) is 10.2. The second-order valence-electron chi connectivity index (χ2n) is 5.99. The highest BCUT2D eigenvalue weighted by Gasteiger charge is 2.21. The third kappa shape index (κ3) is 2.73. The fraction of sp³-hybridized carbons (Fsp3) is 0.368. The van der Waals surface area contributed by atoms with Gasteiger partial charge in [0.2, 0.25) is 0 Å². The van der Waals surface area contributed by atoms with Crippen LogP contribution in [0.4, 0.5) is 4.39 Å². The SMILES string of the molecule is CNC(c1ccc(C2CCC2)cc1)c1cccc(C)c1F. The Hall–Kier alpha value is -1.67. The molecule has 3 rings (SSSR count). The predicted molar refractivity (Wildman–Crippen MR) is 85.1 cm³/mol. The minimum absolute atomic E-state index is 0.0969. The second-order valence-corrected chi connectivity index (χ2v) is 5.99. The van der Waals surface area contributed by atoms with Crippen LogP contribution >= 0.6 is 0 Å². The molecule has 110 valence electrons. The Morgan fingerprint density at radius 3 is 2.38 bits per heavy atom. The molecular weight excluding hydrogens is 261 g/mol. The maximum atomic E-state index is 14.4. The highest BCUT2D eigenvalue weighted by atomic mass is 19.1. The van der Waals surface area contributed by atoms with Crippen LogP contribution in [-0.4, -0.2) is 7.05 Å². The molecule has 1 aliphatic rings. The fourth-order valence-corrected chi connectivity index (χ4v) is 3.10. The van der Waals surface area contributed by atoms with Gasteiger partial charge in [0.05, 0.1) is 6.04 Å². The summed E-state index contributed by atoms with van der Waals surface area (Å²) in [4.78, 5) is 0. The Kier molecular flexibility index (Phi) is 4.07. The van der Waals surface area contributed by atoms with E-state index in [1.165, 1.54) is 24.8 Å². The number of halogens is 1. The van der Waals surface area contributed by atoms with Gasteiger partial charge in [0.1, 0.15) is 5.82 Å². The zero-order chi connectivity index (χ0) is 14.8. The molecule has 1 nitrogen and oxygen atoms in total. The van der Waals surface area contributed by atoms with E-state index in [0.717, 1.165) is 11.5 Å². The van der Waals surface area contributed by atoms with E-state index in [2.05, 4.69) is 29.6 Å². The van der Waals surface area contributed by atoms with E-state index in [-0.39, 0.29) is 11.9 Å². The normalized spacial score (nSPS) is 16.5. The average molecular weight is 283 g/mol. The van der Waals surface area contributed by atoms with Crippen molar-refractivity contribution < 1.29 is 4.39 Å². The first-order valence-corrected chi connectivity index (χ1v) is 7.73. The van der Waals surface area contributed by atoms with Gasteiger partial charge < -0.3 is 5.32 Å². The molecule has 1 saturated carbocycles. The van der Waals surface area contributed by atoms with Crippen LogP contribution in [0.3, 0.4) is 0 Å². The van der Waals surface area contributed by atoms with Crippen molar-refractivity contribution in [2.75, 3.05) is 7.05 Å². The Labute approximate surface area is 126 Å². The van der Waals surface area contributed by atoms with Crippen LogP contribution in [0.5, 0.6) is 0 Å². The summed E-state index contributed by atoms with van der Waals surface area (Å²) < 4.78 is 14.4. The Morgan fingerprint density at radius 2 is 1.81 bits per heavy atom. The van der Waals surface area contributed by atoms with E-state index in [0.29, 0.717) is 11.1 Å². The molecule has 1 N–H and O–H groups in total. The summed E-state index contributed by atoms with van der Waals surface area (Å²) in [5.74, 6) is 0.628. The van der Waals surface area contributed by atoms with Crippen LogP contribution in [-0.2, 0) is 0 Å². The number of aryl methyl sites for hydroxylation is 1. The van der Waals surface area contributed by atoms with Crippen LogP contribution in [0, 0.1) is 12.7 Å². The second kappa shape index (κ2) is 5.98. The molecule has 21 heavy (non-hydrogen) atoms. The van der Waals surface area contributed by atoms with Gasteiger partial charge in [0.25, 0.3) is 0 Å². The lowest BCUT2D eigenvalue weighted by molar-refractivity contribution is 0.419. The fourth-order valence-electron chi connectivity index (χ4n) is 3.10. The van der Waals surface area contributed by atoms with Crippen LogP contribution in [0.2, 0.25) is 0 Å². The number of hydrogen-bond donors (Lipinski definition) is 1. The van der Waals surface area contributed by atoms with E-state index < -0.39 is 0 Å². The lowest BCUT2D eigenvalue weighted by atomic mass is 9.79. The number of hydrogen-bond acceptors (Lipinski definition) is 1. The summed E-state index contributed by atoms with van der Waals surface area (Å²) in [5, 5.41) is 3.24. The molecule has 1 unspecified atom stereocenters. The van der Waals surface area contributed by atoms with Gasteiger partial charge in [-0.2, -0.15) is 0 Å². The summed E-state index contributed by atoms with van der Waals surface area (Å²) in [6.45, 7) is 1.81. The molecule has 0 bridgehead atoms. The monoisotopic (exact) mass is 283 g/mol. The molecule has 0 saturated heterocycles. The largest absolute Gasteiger partial charge is 0.309 e. The van der Waals surface area contributed by atoms with Gasteiger partial charge in [-0.25, -0.2) is 4.39 Å². The molecule has 0 radical (unpaired) electrons. The topological polar surface area (TPSA) is 12.0 Å². The molecule has 0 spiro atoms. The first-order valence-electron chi connectivity index (χ1n) is 7.73. The van der Waals surface area contributed by atoms with E-state index in [9.17, 15) is 4.39 Å². The predicted octanol–water partition coefficient (Wildman–Crippen LogP) is 4.71. The lowest BCUT2D eigenvalue weighted by Gasteiger charge is -2.26. The highest BCUT2D eigenvalue weighted by Crippen LogP contribution is 2.37. The van der Waals surface area contributed by atoms with Crippen molar-refractivity contribution in [2.24, 2.45) is 0 Å². The van der Waals surface area contributed by atoms with Crippen molar-refractivity contribution in [1.82, 2.24) is 5.32 Å². The molecule has 1 fully saturated rings. The van der Waals surface area contributed by atoms with Crippen molar-refractivity contribution in [2.45, 2.75) is 38.1 Å². The number of nitrogens with one attached hydrogen (secondary N) is 1. The van der Waals surface area contributed by atoms with Gasteiger partial charge in [0.15, 0.2) is 0 Å². The summed E-state index contributed by atoms with van der Waals surface area (Å²) in [6, 6.07) is 14.2. The minimum atomic E-state index is -0.111. The van der Waals surface area contributed by atoms with Crippen molar-refractivity contribution in [3.8, 4) is 0 Å². The van der Waals surface area contributed by atoms with E-state index in [1.54, 1.807) is 0 Å². The zero-order valence-electron chi connectivity index (χ0n) is 12.7. The minimum Gasteiger partial charge on any atom is -0.309 e. The van der Waals surface area contributed by atoms with Gasteiger partial charge in [0, 0.05) is 5.56 Å². The lowest BCUT2D eigenvalue weighted by Crippen LogP contribution is -2.19. The van der Waals surface area contributed by atoms with E-state index >= 15 is 0 Å². The first kappa shape index (κ1) is 14.3. The smallest absolute Gasteiger partial charge is 0.131 e. The van der Waals surface area contributed by atoms with Crippen molar-refractivity contribution in [3.05, 3.63) is 70.5 Å². The van der Waals surface area contributed by atoms with Gasteiger partial charge in [-0.05, 0) is 49.4 Å². The van der Waals surface area contributed by atoms with Crippen molar-refractivity contribution >= 4 is 0 Å². The maximum absolute atomic E-state index is 14.4. The summed E-state index contributed by atoms with van der Waals surface area (Å²) >= 11 is 0. The van der Waals surface area contributed by atoms with Crippen LogP contribution in [0.1, 0.15) is 53.5 Å². The van der Waals surface area contributed by atoms with Crippen molar-refractivity contribution in [1.29, 1.82) is 0 Å². The van der Waals surface area contributed by atoms with E-state index in [1.807, 2.05) is 32.2 Å². The van der Waals surface area contributed by atoms with Crippen LogP contribution in [0.15, 0.2) is 42.5 Å². The molecule has 0 amide bonds. The van der Waals surface area contributed by atoms with Gasteiger partial charge in [-0.15, -0.1) is 0 Å². The molecule has 2 aromatic carbocycles. The average Bonchev–Trinajstić information content (AvgIpc) is 2.44. The molecule has 2 heteroatoms. The standard InChI is InChI=1S/C19H22FN/c1-13-5-3-8-17(18(13)20)19(21-2)16-11-9-15(10-12-16)14-6-4-7-14/h3,5,8-12,14,19,21H,4,6-7H2,1-2H3. The molecule has 0 aliphatic heterocycles. The van der Waals surface area contributed by atoms with Crippen LogP contribution in [0.25, 0.3) is 0 Å². The van der Waals surface area contributed by atoms with Gasteiger partial charge >= 0.3 is 0 Å². The number of benzene rings is 2. The Balaban J connectivity index is 1.90. The highest BCUT2D eigenvalue weighted by molar-refractivity contribution is 5.37. The molecule has 1 aliphatic carbocycles. The van der Waals surface area contributed by atoms with Gasteiger partial charge in [-0.3, -0.25) is 0 Å². The third-order valence-corrected chi connectivity index (χ3v) is 4.67. The van der Waals surface area contributed by atoms with E-state index in [4.69, 9.17) is 0 Å². The number of rotatable bonds is 4. The summed E-state index contributed by atoms with van der Waals surface area (Å²) in [5.41, 5.74) is 3.95. The maximum Gasteiger partial charge on any atom is 0.131 e. The molecule has 0 heterocycles. The van der Waals surface area contributed by atoms with Crippen LogP contribution < -0.4 is 5.32 Å². The Bertz CT molecular complexity index is 614. The summed E-state index contributed by atoms with van der Waals surface area (Å²) in [6.07, 6.45) is 3.96. The molecule has 1 atom stereocenters. The quantitative estimate of drug-likeness (QED) is 0.857.